The third-order valence-corrected chi connectivity index (χ3v) is 4.44. The second kappa shape index (κ2) is 7.25. The molecule has 140 valence electrons. The zero-order valence-electron chi connectivity index (χ0n) is 15.7. The molecule has 0 saturated heterocycles. The van der Waals surface area contributed by atoms with Crippen molar-refractivity contribution in [1.82, 2.24) is 9.99 Å². The van der Waals surface area contributed by atoms with Crippen LogP contribution >= 0.6 is 0 Å². The van der Waals surface area contributed by atoms with Crippen molar-refractivity contribution in [2.45, 2.75) is 26.2 Å². The van der Waals surface area contributed by atoms with Crippen molar-refractivity contribution in [3.8, 4) is 5.75 Å². The number of hydrogen-bond acceptors (Lipinski definition) is 4. The SMILES string of the molecule is CC(C)(C)c1ccc(OCC(=O)n2cc(C(=O)NN)c3ccccc32)cc1. The fourth-order valence-electron chi connectivity index (χ4n) is 2.91. The molecule has 3 aromatic rings. The molecule has 0 atom stereocenters. The highest BCUT2D eigenvalue weighted by atomic mass is 16.5. The number of para-hydroxylation sites is 1. The third-order valence-electron chi connectivity index (χ3n) is 4.44. The Morgan fingerprint density at radius 2 is 1.74 bits per heavy atom. The predicted octanol–water partition coefficient (Wildman–Crippen LogP) is 3.26. The zero-order chi connectivity index (χ0) is 19.6. The Morgan fingerprint density at radius 3 is 2.37 bits per heavy atom. The minimum atomic E-state index is -0.448. The van der Waals surface area contributed by atoms with E-state index in [4.69, 9.17) is 10.6 Å². The van der Waals surface area contributed by atoms with Gasteiger partial charge in [-0.1, -0.05) is 51.1 Å². The fraction of sp³-hybridized carbons (Fsp3) is 0.238. The van der Waals surface area contributed by atoms with Crippen LogP contribution in [0.5, 0.6) is 5.75 Å². The molecule has 1 heterocycles. The van der Waals surface area contributed by atoms with Gasteiger partial charge in [0, 0.05) is 11.6 Å². The van der Waals surface area contributed by atoms with E-state index in [2.05, 4.69) is 26.2 Å². The summed E-state index contributed by atoms with van der Waals surface area (Å²) in [5.41, 5.74) is 4.33. The van der Waals surface area contributed by atoms with Crippen LogP contribution in [-0.2, 0) is 5.41 Å². The summed E-state index contributed by atoms with van der Waals surface area (Å²) in [6, 6.07) is 14.9. The Morgan fingerprint density at radius 1 is 1.07 bits per heavy atom. The van der Waals surface area contributed by atoms with Gasteiger partial charge >= 0.3 is 0 Å². The molecule has 0 bridgehead atoms. The van der Waals surface area contributed by atoms with Crippen molar-refractivity contribution in [3.05, 3.63) is 65.9 Å². The number of ether oxygens (including phenoxy) is 1. The van der Waals surface area contributed by atoms with Gasteiger partial charge in [-0.15, -0.1) is 0 Å². The number of hydrogen-bond donors (Lipinski definition) is 2. The summed E-state index contributed by atoms with van der Waals surface area (Å²) in [5, 5.41) is 0.656. The predicted molar refractivity (Wildman–Crippen MR) is 105 cm³/mol. The van der Waals surface area contributed by atoms with Gasteiger partial charge in [-0.3, -0.25) is 19.6 Å². The lowest BCUT2D eigenvalue weighted by Crippen LogP contribution is -2.29. The Bertz CT molecular complexity index is 982. The molecule has 3 N–H and O–H groups in total. The highest BCUT2D eigenvalue weighted by Crippen LogP contribution is 2.25. The van der Waals surface area contributed by atoms with Gasteiger partial charge in [0.05, 0.1) is 11.1 Å². The Balaban J connectivity index is 1.80. The van der Waals surface area contributed by atoms with E-state index in [1.54, 1.807) is 18.2 Å². The second-order valence-electron chi connectivity index (χ2n) is 7.36. The molecule has 6 nitrogen and oxygen atoms in total. The Kier molecular flexibility index (Phi) is 5.01. The van der Waals surface area contributed by atoms with E-state index >= 15 is 0 Å². The number of nitrogen functional groups attached to an aromatic ring is 1. The summed E-state index contributed by atoms with van der Waals surface area (Å²) >= 11 is 0. The molecule has 1 aromatic heterocycles. The van der Waals surface area contributed by atoms with E-state index in [0.717, 1.165) is 0 Å². The molecule has 6 heteroatoms. The number of nitrogens with two attached hydrogens (primary N) is 1. The monoisotopic (exact) mass is 365 g/mol. The van der Waals surface area contributed by atoms with Crippen molar-refractivity contribution in [2.24, 2.45) is 5.84 Å². The summed E-state index contributed by atoms with van der Waals surface area (Å²) in [6.45, 7) is 6.27. The van der Waals surface area contributed by atoms with Crippen LogP contribution in [0.3, 0.4) is 0 Å². The Hall–Kier alpha value is -3.12. The largest absolute Gasteiger partial charge is 0.484 e. The van der Waals surface area contributed by atoms with Crippen molar-refractivity contribution >= 4 is 22.7 Å². The van der Waals surface area contributed by atoms with Crippen molar-refractivity contribution in [2.75, 3.05) is 6.61 Å². The van der Waals surface area contributed by atoms with Gasteiger partial charge in [-0.05, 0) is 29.2 Å². The maximum absolute atomic E-state index is 12.7. The third kappa shape index (κ3) is 3.85. The maximum Gasteiger partial charge on any atom is 0.269 e. The molecule has 0 aliphatic rings. The van der Waals surface area contributed by atoms with Crippen LogP contribution in [0.1, 0.15) is 41.5 Å². The highest BCUT2D eigenvalue weighted by Gasteiger charge is 2.18. The highest BCUT2D eigenvalue weighted by molar-refractivity contribution is 6.09. The molecule has 3 rings (SSSR count). The standard InChI is InChI=1S/C21H23N3O3/c1-21(2,3)14-8-10-15(11-9-14)27-13-19(25)24-12-17(20(26)23-22)16-6-4-5-7-18(16)24/h4-12H,13,22H2,1-3H3,(H,23,26). The lowest BCUT2D eigenvalue weighted by atomic mass is 9.87. The number of carbonyl (C=O) groups excluding carboxylic acids is 2. The number of fused-ring (bicyclic) bond motifs is 1. The number of nitrogens with one attached hydrogen (secondary N) is 1. The van der Waals surface area contributed by atoms with Crippen LogP contribution in [-0.4, -0.2) is 23.0 Å². The molecule has 0 spiro atoms. The minimum absolute atomic E-state index is 0.0539. The number of carbonyl (C=O) groups is 2. The average molecular weight is 365 g/mol. The first-order chi connectivity index (χ1) is 12.8. The topological polar surface area (TPSA) is 86.3 Å². The van der Waals surface area contributed by atoms with E-state index in [1.807, 2.05) is 30.3 Å². The molecule has 0 saturated carbocycles. The summed E-state index contributed by atoms with van der Waals surface area (Å²) in [4.78, 5) is 24.6. The minimum Gasteiger partial charge on any atom is -0.484 e. The van der Waals surface area contributed by atoms with E-state index < -0.39 is 5.91 Å². The van der Waals surface area contributed by atoms with Gasteiger partial charge in [0.15, 0.2) is 6.61 Å². The van der Waals surface area contributed by atoms with Gasteiger partial charge < -0.3 is 4.74 Å². The van der Waals surface area contributed by atoms with Crippen LogP contribution in [0.2, 0.25) is 0 Å². The maximum atomic E-state index is 12.7. The van der Waals surface area contributed by atoms with E-state index in [0.29, 0.717) is 22.2 Å². The molecule has 2 aromatic carbocycles. The summed E-state index contributed by atoms with van der Waals surface area (Å²) in [7, 11) is 0. The summed E-state index contributed by atoms with van der Waals surface area (Å²) in [6.07, 6.45) is 1.49. The van der Waals surface area contributed by atoms with Crippen molar-refractivity contribution < 1.29 is 14.3 Å². The van der Waals surface area contributed by atoms with E-state index in [9.17, 15) is 9.59 Å². The quantitative estimate of drug-likeness (QED) is 0.422. The first-order valence-corrected chi connectivity index (χ1v) is 8.69. The van der Waals surface area contributed by atoms with Crippen LogP contribution in [0, 0.1) is 0 Å². The zero-order valence-corrected chi connectivity index (χ0v) is 15.7. The number of benzene rings is 2. The van der Waals surface area contributed by atoms with Gasteiger partial charge in [-0.25, -0.2) is 5.84 Å². The second-order valence-corrected chi connectivity index (χ2v) is 7.36. The normalized spacial score (nSPS) is 11.4. The summed E-state index contributed by atoms with van der Waals surface area (Å²) < 4.78 is 7.06. The molecule has 1 amide bonds. The fourth-order valence-corrected chi connectivity index (χ4v) is 2.91. The first-order valence-electron chi connectivity index (χ1n) is 8.69. The van der Waals surface area contributed by atoms with Crippen LogP contribution in [0.15, 0.2) is 54.7 Å². The number of aromatic nitrogens is 1. The average Bonchev–Trinajstić information content (AvgIpc) is 3.05. The van der Waals surface area contributed by atoms with Crippen molar-refractivity contribution in [3.63, 3.8) is 0 Å². The van der Waals surface area contributed by atoms with Gasteiger partial charge in [0.2, 0.25) is 0 Å². The van der Waals surface area contributed by atoms with Crippen LogP contribution in [0.25, 0.3) is 10.9 Å². The molecule has 0 unspecified atom stereocenters. The molecular formula is C21H23N3O3. The number of hydrazine groups is 1. The lowest BCUT2D eigenvalue weighted by molar-refractivity contribution is 0.0843. The molecule has 0 aliphatic carbocycles. The molecule has 0 fully saturated rings. The number of nitrogens with zero attached hydrogens (tertiary/aromatic N) is 1. The lowest BCUT2D eigenvalue weighted by Gasteiger charge is -2.19. The summed E-state index contributed by atoms with van der Waals surface area (Å²) in [5.74, 6) is 5.13. The first kappa shape index (κ1) is 18.7. The molecule has 27 heavy (non-hydrogen) atoms. The molecular weight excluding hydrogens is 342 g/mol. The number of amides is 1. The molecule has 0 radical (unpaired) electrons. The molecule has 0 aliphatic heterocycles. The Labute approximate surface area is 157 Å². The van der Waals surface area contributed by atoms with Gasteiger partial charge in [0.1, 0.15) is 5.75 Å². The van der Waals surface area contributed by atoms with E-state index in [-0.39, 0.29) is 17.9 Å². The van der Waals surface area contributed by atoms with Crippen molar-refractivity contribution in [1.29, 1.82) is 0 Å². The number of rotatable bonds is 4. The van der Waals surface area contributed by atoms with Crippen LogP contribution in [0.4, 0.5) is 0 Å². The van der Waals surface area contributed by atoms with Gasteiger partial charge in [0.25, 0.3) is 11.8 Å². The van der Waals surface area contributed by atoms with Crippen LogP contribution < -0.4 is 16.0 Å². The van der Waals surface area contributed by atoms with Gasteiger partial charge in [-0.2, -0.15) is 0 Å². The smallest absolute Gasteiger partial charge is 0.269 e. The van der Waals surface area contributed by atoms with E-state index in [1.165, 1.54) is 16.3 Å².